The molecule has 0 atom stereocenters. The third-order valence-electron chi connectivity index (χ3n) is 3.04. The van der Waals surface area contributed by atoms with E-state index in [0.717, 1.165) is 16.3 Å². The van der Waals surface area contributed by atoms with E-state index in [1.54, 1.807) is 18.4 Å². The summed E-state index contributed by atoms with van der Waals surface area (Å²) in [5, 5.41) is 0.864. The number of nitrogens with zero attached hydrogens (tertiary/aromatic N) is 1. The fourth-order valence-corrected chi connectivity index (χ4v) is 2.81. The van der Waals surface area contributed by atoms with Gasteiger partial charge in [-0.15, -0.1) is 11.3 Å². The van der Waals surface area contributed by atoms with Gasteiger partial charge in [-0.2, -0.15) is 0 Å². The second kappa shape index (κ2) is 5.53. The number of carbonyl (C=O) groups is 1. The molecule has 0 saturated heterocycles. The van der Waals surface area contributed by atoms with Crippen molar-refractivity contribution in [1.82, 2.24) is 4.98 Å². The molecule has 1 aromatic heterocycles. The molecule has 0 radical (unpaired) electrons. The Labute approximate surface area is 117 Å². The van der Waals surface area contributed by atoms with Crippen LogP contribution in [0.1, 0.15) is 31.5 Å². The third-order valence-corrected chi connectivity index (χ3v) is 4.11. The first-order valence-electron chi connectivity index (χ1n) is 6.12. The summed E-state index contributed by atoms with van der Waals surface area (Å²) >= 11 is 1.58. The Morgan fingerprint density at radius 2 is 2.05 bits per heavy atom. The van der Waals surface area contributed by atoms with Gasteiger partial charge in [0.1, 0.15) is 10.8 Å². The van der Waals surface area contributed by atoms with Crippen molar-refractivity contribution >= 4 is 17.1 Å². The van der Waals surface area contributed by atoms with E-state index in [0.29, 0.717) is 17.7 Å². The topological polar surface area (TPSA) is 39.2 Å². The molecule has 0 aliphatic heterocycles. The molecular weight excluding hydrogens is 258 g/mol. The van der Waals surface area contributed by atoms with E-state index in [1.807, 2.05) is 39.0 Å². The molecule has 0 spiro atoms. The molecule has 0 bridgehead atoms. The van der Waals surface area contributed by atoms with Gasteiger partial charge in [-0.25, -0.2) is 4.98 Å². The van der Waals surface area contributed by atoms with Crippen molar-refractivity contribution in [3.8, 4) is 5.75 Å². The third kappa shape index (κ3) is 3.01. The first kappa shape index (κ1) is 13.7. The van der Waals surface area contributed by atoms with Crippen LogP contribution in [0, 0.1) is 20.8 Å². The second-order valence-corrected chi connectivity index (χ2v) is 5.84. The van der Waals surface area contributed by atoms with Crippen LogP contribution in [0.25, 0.3) is 0 Å². The number of thiazole rings is 1. The van der Waals surface area contributed by atoms with Crippen LogP contribution in [0.3, 0.4) is 0 Å². The van der Waals surface area contributed by atoms with Crippen LogP contribution in [-0.4, -0.2) is 17.9 Å². The molecule has 0 aliphatic rings. The number of hydrogen-bond donors (Lipinski definition) is 0. The van der Waals surface area contributed by atoms with Gasteiger partial charge >= 0.3 is 0 Å². The summed E-state index contributed by atoms with van der Waals surface area (Å²) in [6.07, 6.45) is 0.332. The Balaban J connectivity index is 2.24. The summed E-state index contributed by atoms with van der Waals surface area (Å²) in [7, 11) is 1.59. The molecule has 0 aliphatic carbocycles. The zero-order valence-corrected chi connectivity index (χ0v) is 12.4. The second-order valence-electron chi connectivity index (χ2n) is 4.55. The number of carbonyl (C=O) groups excluding carboxylic acids is 1. The predicted octanol–water partition coefficient (Wildman–Crippen LogP) is 3.50. The molecule has 2 aromatic rings. The smallest absolute Gasteiger partial charge is 0.173 e. The van der Waals surface area contributed by atoms with E-state index in [4.69, 9.17) is 4.74 Å². The molecule has 0 fully saturated rings. The van der Waals surface area contributed by atoms with Gasteiger partial charge in [0, 0.05) is 4.88 Å². The Hall–Kier alpha value is -1.68. The highest BCUT2D eigenvalue weighted by Gasteiger charge is 2.15. The number of benzene rings is 1. The van der Waals surface area contributed by atoms with E-state index in [1.165, 1.54) is 4.88 Å². The quantitative estimate of drug-likeness (QED) is 0.802. The standard InChI is InChI=1S/C15H17NO2S/c1-9-5-6-12(14(7-9)18-4)13(17)8-15-16-10(2)11(3)19-15/h5-7H,8H2,1-4H3. The van der Waals surface area contributed by atoms with Gasteiger partial charge in [-0.05, 0) is 38.5 Å². The van der Waals surface area contributed by atoms with Crippen LogP contribution < -0.4 is 4.74 Å². The highest BCUT2D eigenvalue weighted by molar-refractivity contribution is 7.11. The van der Waals surface area contributed by atoms with Crippen LogP contribution in [0.5, 0.6) is 5.75 Å². The normalized spacial score (nSPS) is 10.5. The van der Waals surface area contributed by atoms with E-state index in [9.17, 15) is 4.79 Å². The summed E-state index contributed by atoms with van der Waals surface area (Å²) in [4.78, 5) is 17.9. The number of aromatic nitrogens is 1. The van der Waals surface area contributed by atoms with Gasteiger partial charge < -0.3 is 4.74 Å². The van der Waals surface area contributed by atoms with Crippen LogP contribution in [0.2, 0.25) is 0 Å². The maximum Gasteiger partial charge on any atom is 0.173 e. The lowest BCUT2D eigenvalue weighted by molar-refractivity contribution is 0.0990. The monoisotopic (exact) mass is 275 g/mol. The predicted molar refractivity (Wildman–Crippen MR) is 77.4 cm³/mol. The van der Waals surface area contributed by atoms with Crippen molar-refractivity contribution in [1.29, 1.82) is 0 Å². The zero-order chi connectivity index (χ0) is 14.0. The van der Waals surface area contributed by atoms with Crippen molar-refractivity contribution in [3.05, 3.63) is 44.9 Å². The fraction of sp³-hybridized carbons (Fsp3) is 0.333. The molecule has 1 aromatic carbocycles. The minimum Gasteiger partial charge on any atom is -0.496 e. The van der Waals surface area contributed by atoms with Gasteiger partial charge in [0.05, 0.1) is 24.8 Å². The summed E-state index contributed by atoms with van der Waals surface area (Å²) in [5.41, 5.74) is 2.71. The number of ether oxygens (including phenoxy) is 1. The number of ketones is 1. The summed E-state index contributed by atoms with van der Waals surface area (Å²) < 4.78 is 5.28. The lowest BCUT2D eigenvalue weighted by atomic mass is 10.1. The highest BCUT2D eigenvalue weighted by Crippen LogP contribution is 2.23. The molecule has 0 N–H and O–H groups in total. The van der Waals surface area contributed by atoms with Crippen molar-refractivity contribution in [2.75, 3.05) is 7.11 Å². The van der Waals surface area contributed by atoms with E-state index in [-0.39, 0.29) is 5.78 Å². The largest absolute Gasteiger partial charge is 0.496 e. The summed E-state index contributed by atoms with van der Waals surface area (Å²) in [6, 6.07) is 5.63. The Morgan fingerprint density at radius 3 is 2.63 bits per heavy atom. The fourth-order valence-electron chi connectivity index (χ4n) is 1.88. The molecule has 2 rings (SSSR count). The van der Waals surface area contributed by atoms with Gasteiger partial charge in [-0.3, -0.25) is 4.79 Å². The van der Waals surface area contributed by atoms with Crippen LogP contribution in [-0.2, 0) is 6.42 Å². The molecular formula is C15H17NO2S. The minimum absolute atomic E-state index is 0.0469. The molecule has 4 heteroatoms. The van der Waals surface area contributed by atoms with Crippen molar-refractivity contribution in [2.24, 2.45) is 0 Å². The zero-order valence-electron chi connectivity index (χ0n) is 11.6. The first-order chi connectivity index (χ1) is 9.01. The first-order valence-corrected chi connectivity index (χ1v) is 6.93. The van der Waals surface area contributed by atoms with Gasteiger partial charge in [0.25, 0.3) is 0 Å². The summed E-state index contributed by atoms with van der Waals surface area (Å²) in [6.45, 7) is 5.96. The maximum absolute atomic E-state index is 12.3. The Morgan fingerprint density at radius 1 is 1.32 bits per heavy atom. The van der Waals surface area contributed by atoms with E-state index < -0.39 is 0 Å². The highest BCUT2D eigenvalue weighted by atomic mass is 32.1. The molecule has 100 valence electrons. The molecule has 0 unspecified atom stereocenters. The van der Waals surface area contributed by atoms with Crippen LogP contribution >= 0.6 is 11.3 Å². The van der Waals surface area contributed by atoms with Crippen molar-refractivity contribution < 1.29 is 9.53 Å². The Kier molecular flexibility index (Phi) is 4.00. The number of Topliss-reactive ketones (excluding diaryl/α,β-unsaturated/α-hetero) is 1. The number of rotatable bonds is 4. The summed E-state index contributed by atoms with van der Waals surface area (Å²) in [5.74, 6) is 0.681. The molecule has 19 heavy (non-hydrogen) atoms. The molecule has 0 amide bonds. The Bertz CT molecular complexity index is 597. The van der Waals surface area contributed by atoms with Crippen LogP contribution in [0.15, 0.2) is 18.2 Å². The lowest BCUT2D eigenvalue weighted by Gasteiger charge is -2.07. The van der Waals surface area contributed by atoms with Gasteiger partial charge in [0.15, 0.2) is 5.78 Å². The molecule has 0 saturated carbocycles. The maximum atomic E-state index is 12.3. The number of methoxy groups -OCH3 is 1. The van der Waals surface area contributed by atoms with E-state index >= 15 is 0 Å². The number of hydrogen-bond acceptors (Lipinski definition) is 4. The SMILES string of the molecule is COc1cc(C)ccc1C(=O)Cc1nc(C)c(C)s1. The average molecular weight is 275 g/mol. The van der Waals surface area contributed by atoms with E-state index in [2.05, 4.69) is 4.98 Å². The molecule has 3 nitrogen and oxygen atoms in total. The van der Waals surface area contributed by atoms with Crippen molar-refractivity contribution in [3.63, 3.8) is 0 Å². The van der Waals surface area contributed by atoms with Crippen LogP contribution in [0.4, 0.5) is 0 Å². The lowest BCUT2D eigenvalue weighted by Crippen LogP contribution is -2.06. The number of aryl methyl sites for hydroxylation is 3. The van der Waals surface area contributed by atoms with Gasteiger partial charge in [0.2, 0.25) is 0 Å². The van der Waals surface area contributed by atoms with Crippen molar-refractivity contribution in [2.45, 2.75) is 27.2 Å². The minimum atomic E-state index is 0.0469. The average Bonchev–Trinajstić information content (AvgIpc) is 2.67. The van der Waals surface area contributed by atoms with Gasteiger partial charge in [-0.1, -0.05) is 6.07 Å². The molecule has 1 heterocycles.